The van der Waals surface area contributed by atoms with Crippen molar-refractivity contribution in [2.75, 3.05) is 12.4 Å². The van der Waals surface area contributed by atoms with E-state index in [0.717, 1.165) is 12.0 Å². The largest absolute Gasteiger partial charge is 0.395 e. The average Bonchev–Trinajstić information content (AvgIpc) is 3.06. The molecule has 134 valence electrons. The first-order chi connectivity index (χ1) is 11.4. The molecule has 24 heavy (non-hydrogen) atoms. The summed E-state index contributed by atoms with van der Waals surface area (Å²) in [4.78, 5) is 12.4. The summed E-state index contributed by atoms with van der Waals surface area (Å²) in [5.74, 6) is 0.472. The highest BCUT2D eigenvalue weighted by atomic mass is 32.2. The van der Waals surface area contributed by atoms with Gasteiger partial charge in [0.2, 0.25) is 5.91 Å². The Bertz CT molecular complexity index is 633. The second kappa shape index (κ2) is 8.62. The number of carbonyl (C=O) groups excluding carboxylic acids is 1. The molecule has 0 saturated heterocycles. The maximum absolute atomic E-state index is 12.2. The fourth-order valence-electron chi connectivity index (χ4n) is 3.27. The highest BCUT2D eigenvalue weighted by Gasteiger charge is 2.21. The fourth-order valence-corrected chi connectivity index (χ4v) is 4.30. The minimum Gasteiger partial charge on any atom is -0.395 e. The molecule has 0 aromatic heterocycles. The summed E-state index contributed by atoms with van der Waals surface area (Å²) in [7, 11) is -3.42. The van der Waals surface area contributed by atoms with Gasteiger partial charge in [0.05, 0.1) is 17.3 Å². The molecular formula is C18H27NO4S. The van der Waals surface area contributed by atoms with Crippen molar-refractivity contribution in [3.63, 3.8) is 0 Å². The van der Waals surface area contributed by atoms with E-state index in [4.69, 9.17) is 5.11 Å². The molecule has 2 rings (SSSR count). The lowest BCUT2D eigenvalue weighted by Crippen LogP contribution is -2.29. The number of carbonyl (C=O) groups is 1. The van der Waals surface area contributed by atoms with Gasteiger partial charge >= 0.3 is 0 Å². The summed E-state index contributed by atoms with van der Waals surface area (Å²) in [6, 6.07) is 6.45. The molecule has 1 atom stereocenters. The van der Waals surface area contributed by atoms with Crippen LogP contribution in [0.4, 0.5) is 0 Å². The van der Waals surface area contributed by atoms with Crippen molar-refractivity contribution in [2.45, 2.75) is 50.5 Å². The van der Waals surface area contributed by atoms with Crippen LogP contribution in [-0.2, 0) is 21.2 Å². The van der Waals surface area contributed by atoms with E-state index >= 15 is 0 Å². The molecule has 1 amide bonds. The first kappa shape index (κ1) is 18.9. The maximum atomic E-state index is 12.2. The lowest BCUT2D eigenvalue weighted by Gasteiger charge is -2.16. The van der Waals surface area contributed by atoms with E-state index < -0.39 is 9.84 Å². The Morgan fingerprint density at radius 1 is 1.25 bits per heavy atom. The molecule has 5 nitrogen and oxygen atoms in total. The van der Waals surface area contributed by atoms with Crippen molar-refractivity contribution in [3.8, 4) is 0 Å². The lowest BCUT2D eigenvalue weighted by molar-refractivity contribution is -0.125. The Morgan fingerprint density at radius 3 is 2.46 bits per heavy atom. The van der Waals surface area contributed by atoms with Crippen LogP contribution in [0.1, 0.15) is 44.6 Å². The standard InChI is InChI=1S/C18H27NO4S/c1-14(12-15-4-2-3-5-15)18(21)19-13-16-6-8-17(9-7-16)24(22,23)11-10-20/h6-9,14-15,20H,2-5,10-13H2,1H3,(H,19,21)/t14-/m1/s1. The molecule has 0 spiro atoms. The van der Waals surface area contributed by atoms with Gasteiger partial charge in [0.25, 0.3) is 0 Å². The van der Waals surface area contributed by atoms with Gasteiger partial charge in [-0.2, -0.15) is 0 Å². The van der Waals surface area contributed by atoms with Crippen molar-refractivity contribution in [3.05, 3.63) is 29.8 Å². The Kier molecular flexibility index (Phi) is 6.80. The summed E-state index contributed by atoms with van der Waals surface area (Å²) in [5, 5.41) is 11.7. The minimum absolute atomic E-state index is 0.0114. The van der Waals surface area contributed by atoms with Crippen LogP contribution in [-0.4, -0.2) is 31.8 Å². The van der Waals surface area contributed by atoms with E-state index in [9.17, 15) is 13.2 Å². The highest BCUT2D eigenvalue weighted by molar-refractivity contribution is 7.91. The Morgan fingerprint density at radius 2 is 1.88 bits per heavy atom. The van der Waals surface area contributed by atoms with E-state index in [0.29, 0.717) is 12.5 Å². The van der Waals surface area contributed by atoms with Crippen LogP contribution in [0.15, 0.2) is 29.2 Å². The van der Waals surface area contributed by atoms with Crippen LogP contribution < -0.4 is 5.32 Å². The van der Waals surface area contributed by atoms with E-state index in [1.165, 1.54) is 37.8 Å². The minimum atomic E-state index is -3.42. The zero-order chi connectivity index (χ0) is 17.6. The van der Waals surface area contributed by atoms with Gasteiger partial charge < -0.3 is 10.4 Å². The number of benzene rings is 1. The zero-order valence-corrected chi connectivity index (χ0v) is 15.0. The van der Waals surface area contributed by atoms with Crippen molar-refractivity contribution >= 4 is 15.7 Å². The quantitative estimate of drug-likeness (QED) is 0.751. The van der Waals surface area contributed by atoms with Crippen molar-refractivity contribution < 1.29 is 18.3 Å². The number of aliphatic hydroxyl groups is 1. The maximum Gasteiger partial charge on any atom is 0.223 e. The van der Waals surface area contributed by atoms with E-state index in [1.807, 2.05) is 6.92 Å². The zero-order valence-electron chi connectivity index (χ0n) is 14.2. The highest BCUT2D eigenvalue weighted by Crippen LogP contribution is 2.30. The number of hydrogen-bond acceptors (Lipinski definition) is 4. The Labute approximate surface area is 144 Å². The lowest BCUT2D eigenvalue weighted by atomic mass is 9.94. The average molecular weight is 353 g/mol. The van der Waals surface area contributed by atoms with Crippen molar-refractivity contribution in [1.82, 2.24) is 5.32 Å². The molecule has 1 aliphatic carbocycles. The van der Waals surface area contributed by atoms with Gasteiger partial charge in [-0.1, -0.05) is 44.7 Å². The topological polar surface area (TPSA) is 83.5 Å². The second-order valence-corrected chi connectivity index (χ2v) is 8.80. The van der Waals surface area contributed by atoms with Gasteiger partial charge in [-0.05, 0) is 30.0 Å². The molecule has 0 aliphatic heterocycles. The molecule has 2 N–H and O–H groups in total. The smallest absolute Gasteiger partial charge is 0.223 e. The molecule has 1 aromatic rings. The number of nitrogens with one attached hydrogen (secondary N) is 1. The van der Waals surface area contributed by atoms with Gasteiger partial charge in [0, 0.05) is 12.5 Å². The summed E-state index contributed by atoms with van der Waals surface area (Å²) in [6.07, 6.45) is 5.99. The summed E-state index contributed by atoms with van der Waals surface area (Å²) < 4.78 is 23.7. The van der Waals surface area contributed by atoms with Gasteiger partial charge in [-0.15, -0.1) is 0 Å². The predicted molar refractivity (Wildman–Crippen MR) is 93.2 cm³/mol. The molecule has 1 aliphatic rings. The van der Waals surface area contributed by atoms with Crippen LogP contribution in [0.2, 0.25) is 0 Å². The number of rotatable bonds is 8. The summed E-state index contributed by atoms with van der Waals surface area (Å²) in [6.45, 7) is 1.98. The number of aliphatic hydroxyl groups excluding tert-OH is 1. The third kappa shape index (κ3) is 5.31. The number of sulfone groups is 1. The van der Waals surface area contributed by atoms with Gasteiger partial charge in [-0.3, -0.25) is 4.79 Å². The second-order valence-electron chi connectivity index (χ2n) is 6.69. The molecule has 0 unspecified atom stereocenters. The molecule has 0 heterocycles. The summed E-state index contributed by atoms with van der Waals surface area (Å²) in [5.41, 5.74) is 0.861. The molecule has 0 radical (unpaired) electrons. The van der Waals surface area contributed by atoms with Gasteiger partial charge in [0.15, 0.2) is 9.84 Å². The van der Waals surface area contributed by atoms with Crippen LogP contribution in [0.25, 0.3) is 0 Å². The fraction of sp³-hybridized carbons (Fsp3) is 0.611. The number of amides is 1. The first-order valence-electron chi connectivity index (χ1n) is 8.62. The van der Waals surface area contributed by atoms with E-state index in [1.54, 1.807) is 12.1 Å². The predicted octanol–water partition coefficient (Wildman–Crippen LogP) is 2.29. The van der Waals surface area contributed by atoms with Crippen LogP contribution >= 0.6 is 0 Å². The van der Waals surface area contributed by atoms with E-state index in [2.05, 4.69) is 5.32 Å². The number of hydrogen-bond donors (Lipinski definition) is 2. The SMILES string of the molecule is C[C@H](CC1CCCC1)C(=O)NCc1ccc(S(=O)(=O)CCO)cc1. The monoisotopic (exact) mass is 353 g/mol. The molecule has 6 heteroatoms. The molecule has 1 fully saturated rings. The van der Waals surface area contributed by atoms with Crippen molar-refractivity contribution in [2.24, 2.45) is 11.8 Å². The van der Waals surface area contributed by atoms with Gasteiger partial charge in [-0.25, -0.2) is 8.42 Å². The molecular weight excluding hydrogens is 326 g/mol. The van der Waals surface area contributed by atoms with Crippen LogP contribution in [0, 0.1) is 11.8 Å². The molecule has 0 bridgehead atoms. The van der Waals surface area contributed by atoms with Crippen LogP contribution in [0.3, 0.4) is 0 Å². The van der Waals surface area contributed by atoms with Crippen molar-refractivity contribution in [1.29, 1.82) is 0 Å². The third-order valence-corrected chi connectivity index (χ3v) is 6.43. The first-order valence-corrected chi connectivity index (χ1v) is 10.3. The summed E-state index contributed by atoms with van der Waals surface area (Å²) >= 11 is 0. The normalized spacial score (nSPS) is 16.9. The molecule has 1 saturated carbocycles. The Balaban J connectivity index is 1.84. The molecule has 1 aromatic carbocycles. The van der Waals surface area contributed by atoms with Crippen LogP contribution in [0.5, 0.6) is 0 Å². The van der Waals surface area contributed by atoms with E-state index in [-0.39, 0.29) is 29.1 Å². The Hall–Kier alpha value is -1.40. The van der Waals surface area contributed by atoms with Gasteiger partial charge in [0.1, 0.15) is 0 Å². The third-order valence-electron chi connectivity index (χ3n) is 4.72.